The average Bonchev–Trinajstić information content (AvgIpc) is 2.61. The first-order chi connectivity index (χ1) is 7.29. The Morgan fingerprint density at radius 1 is 1.40 bits per heavy atom. The zero-order chi connectivity index (χ0) is 10.7. The second kappa shape index (κ2) is 4.31. The number of cyclic esters (lactones) is 1. The zero-order valence-electron chi connectivity index (χ0n) is 8.43. The third-order valence-electron chi connectivity index (χ3n) is 2.43. The number of nitrogens with zero attached hydrogens (tertiary/aromatic N) is 1. The molecular formula is C11H14N2O2. The molecule has 1 fully saturated rings. The van der Waals surface area contributed by atoms with Gasteiger partial charge in [0, 0.05) is 13.1 Å². The molecule has 4 heteroatoms. The molecular weight excluding hydrogens is 192 g/mol. The van der Waals surface area contributed by atoms with Crippen LogP contribution in [-0.2, 0) is 11.3 Å². The normalized spacial score (nSPS) is 20.5. The molecule has 15 heavy (non-hydrogen) atoms. The number of nitrogens with two attached hydrogens (primary N) is 1. The highest BCUT2D eigenvalue weighted by Gasteiger charge is 2.29. The van der Waals surface area contributed by atoms with Gasteiger partial charge in [0.05, 0.1) is 6.54 Å². The molecule has 1 heterocycles. The van der Waals surface area contributed by atoms with E-state index in [-0.39, 0.29) is 12.2 Å². The monoisotopic (exact) mass is 206 g/mol. The molecule has 0 saturated carbocycles. The standard InChI is InChI=1S/C11H14N2O2/c12-6-10-8-13(11(14)15-10)7-9-4-2-1-3-5-9/h1-5,10H,6-8,12H2. The van der Waals surface area contributed by atoms with E-state index in [0.29, 0.717) is 19.6 Å². The first-order valence-corrected chi connectivity index (χ1v) is 4.99. The second-order valence-corrected chi connectivity index (χ2v) is 3.61. The van der Waals surface area contributed by atoms with Gasteiger partial charge in [-0.3, -0.25) is 0 Å². The van der Waals surface area contributed by atoms with Crippen LogP contribution < -0.4 is 5.73 Å². The number of carbonyl (C=O) groups is 1. The fraction of sp³-hybridized carbons (Fsp3) is 0.364. The molecule has 1 amide bonds. The van der Waals surface area contributed by atoms with Gasteiger partial charge in [-0.05, 0) is 5.56 Å². The van der Waals surface area contributed by atoms with Gasteiger partial charge in [-0.1, -0.05) is 30.3 Å². The first-order valence-electron chi connectivity index (χ1n) is 4.99. The summed E-state index contributed by atoms with van der Waals surface area (Å²) in [6, 6.07) is 9.84. The van der Waals surface area contributed by atoms with Crippen molar-refractivity contribution in [3.05, 3.63) is 35.9 Å². The SMILES string of the molecule is NCC1CN(Cc2ccccc2)C(=O)O1. The summed E-state index contributed by atoms with van der Waals surface area (Å²) < 4.78 is 5.06. The van der Waals surface area contributed by atoms with E-state index in [2.05, 4.69) is 0 Å². The van der Waals surface area contributed by atoms with Gasteiger partial charge in [-0.2, -0.15) is 0 Å². The van der Waals surface area contributed by atoms with Crippen molar-refractivity contribution in [1.29, 1.82) is 0 Å². The Kier molecular flexibility index (Phi) is 2.87. The molecule has 1 atom stereocenters. The summed E-state index contributed by atoms with van der Waals surface area (Å²) in [5.41, 5.74) is 6.55. The van der Waals surface area contributed by atoms with Crippen molar-refractivity contribution in [3.63, 3.8) is 0 Å². The van der Waals surface area contributed by atoms with Gasteiger partial charge in [0.1, 0.15) is 6.10 Å². The molecule has 1 aliphatic heterocycles. The van der Waals surface area contributed by atoms with Gasteiger partial charge in [0.2, 0.25) is 0 Å². The molecule has 2 N–H and O–H groups in total. The topological polar surface area (TPSA) is 55.6 Å². The van der Waals surface area contributed by atoms with Crippen LogP contribution in [0.4, 0.5) is 4.79 Å². The lowest BCUT2D eigenvalue weighted by Crippen LogP contribution is -2.27. The van der Waals surface area contributed by atoms with Crippen molar-refractivity contribution in [2.45, 2.75) is 12.6 Å². The van der Waals surface area contributed by atoms with Crippen LogP contribution in [0, 0.1) is 0 Å². The van der Waals surface area contributed by atoms with Crippen LogP contribution in [0.5, 0.6) is 0 Å². The molecule has 1 aromatic carbocycles. The summed E-state index contributed by atoms with van der Waals surface area (Å²) >= 11 is 0. The summed E-state index contributed by atoms with van der Waals surface area (Å²) in [4.78, 5) is 13.1. The first kappa shape index (κ1) is 9.98. The predicted molar refractivity (Wildman–Crippen MR) is 56.2 cm³/mol. The second-order valence-electron chi connectivity index (χ2n) is 3.61. The van der Waals surface area contributed by atoms with Crippen LogP contribution in [-0.4, -0.2) is 30.2 Å². The lowest BCUT2D eigenvalue weighted by atomic mass is 10.2. The lowest BCUT2D eigenvalue weighted by molar-refractivity contribution is 0.134. The number of hydrogen-bond acceptors (Lipinski definition) is 3. The molecule has 0 aliphatic carbocycles. The maximum absolute atomic E-state index is 11.4. The van der Waals surface area contributed by atoms with E-state index in [1.165, 1.54) is 0 Å². The van der Waals surface area contributed by atoms with Crippen molar-refractivity contribution >= 4 is 6.09 Å². The van der Waals surface area contributed by atoms with Crippen molar-refractivity contribution in [2.75, 3.05) is 13.1 Å². The van der Waals surface area contributed by atoms with Gasteiger partial charge in [-0.25, -0.2) is 4.79 Å². The predicted octanol–water partition coefficient (Wildman–Crippen LogP) is 0.966. The van der Waals surface area contributed by atoms with Crippen LogP contribution >= 0.6 is 0 Å². The minimum Gasteiger partial charge on any atom is -0.443 e. The molecule has 80 valence electrons. The molecule has 0 bridgehead atoms. The Labute approximate surface area is 88.6 Å². The van der Waals surface area contributed by atoms with E-state index in [4.69, 9.17) is 10.5 Å². The lowest BCUT2D eigenvalue weighted by Gasteiger charge is -2.12. The third-order valence-corrected chi connectivity index (χ3v) is 2.43. The molecule has 2 rings (SSSR count). The Morgan fingerprint density at radius 2 is 2.13 bits per heavy atom. The molecule has 1 unspecified atom stereocenters. The Hall–Kier alpha value is -1.55. The minimum atomic E-state index is -0.269. The van der Waals surface area contributed by atoms with Crippen molar-refractivity contribution in [3.8, 4) is 0 Å². The Morgan fingerprint density at radius 3 is 2.73 bits per heavy atom. The number of benzene rings is 1. The van der Waals surface area contributed by atoms with E-state index in [1.807, 2.05) is 30.3 Å². The highest BCUT2D eigenvalue weighted by molar-refractivity contribution is 5.69. The van der Waals surface area contributed by atoms with E-state index >= 15 is 0 Å². The van der Waals surface area contributed by atoms with Crippen LogP contribution in [0.25, 0.3) is 0 Å². The summed E-state index contributed by atoms with van der Waals surface area (Å²) in [5, 5.41) is 0. The van der Waals surface area contributed by atoms with E-state index in [0.717, 1.165) is 5.56 Å². The smallest absolute Gasteiger partial charge is 0.410 e. The van der Waals surface area contributed by atoms with Crippen LogP contribution in [0.3, 0.4) is 0 Å². The van der Waals surface area contributed by atoms with Crippen LogP contribution in [0.1, 0.15) is 5.56 Å². The number of hydrogen-bond donors (Lipinski definition) is 1. The third kappa shape index (κ3) is 2.27. The summed E-state index contributed by atoms with van der Waals surface area (Å²) in [6.45, 7) is 1.57. The Balaban J connectivity index is 1.99. The van der Waals surface area contributed by atoms with E-state index in [1.54, 1.807) is 4.90 Å². The van der Waals surface area contributed by atoms with E-state index < -0.39 is 0 Å². The van der Waals surface area contributed by atoms with Gasteiger partial charge in [-0.15, -0.1) is 0 Å². The molecule has 0 spiro atoms. The largest absolute Gasteiger partial charge is 0.443 e. The molecule has 4 nitrogen and oxygen atoms in total. The molecule has 0 radical (unpaired) electrons. The number of amides is 1. The summed E-state index contributed by atoms with van der Waals surface area (Å²) in [5.74, 6) is 0. The maximum Gasteiger partial charge on any atom is 0.410 e. The van der Waals surface area contributed by atoms with Crippen LogP contribution in [0.15, 0.2) is 30.3 Å². The van der Waals surface area contributed by atoms with Gasteiger partial charge in [0.15, 0.2) is 0 Å². The molecule has 1 saturated heterocycles. The minimum absolute atomic E-state index is 0.152. The quantitative estimate of drug-likeness (QED) is 0.801. The van der Waals surface area contributed by atoms with Crippen molar-refractivity contribution in [1.82, 2.24) is 4.90 Å². The van der Waals surface area contributed by atoms with Gasteiger partial charge >= 0.3 is 6.09 Å². The van der Waals surface area contributed by atoms with E-state index in [9.17, 15) is 4.79 Å². The summed E-state index contributed by atoms with van der Waals surface area (Å²) in [6.07, 6.45) is -0.421. The highest BCUT2D eigenvalue weighted by Crippen LogP contribution is 2.14. The van der Waals surface area contributed by atoms with Crippen LogP contribution in [0.2, 0.25) is 0 Å². The zero-order valence-corrected chi connectivity index (χ0v) is 8.43. The number of ether oxygens (including phenoxy) is 1. The molecule has 1 aromatic rings. The number of rotatable bonds is 3. The molecule has 0 aromatic heterocycles. The number of carbonyl (C=O) groups excluding carboxylic acids is 1. The highest BCUT2D eigenvalue weighted by atomic mass is 16.6. The van der Waals surface area contributed by atoms with Crippen molar-refractivity contribution in [2.24, 2.45) is 5.73 Å². The molecule has 1 aliphatic rings. The Bertz CT molecular complexity index is 340. The summed E-state index contributed by atoms with van der Waals surface area (Å²) in [7, 11) is 0. The average molecular weight is 206 g/mol. The fourth-order valence-electron chi connectivity index (χ4n) is 1.63. The van der Waals surface area contributed by atoms with Gasteiger partial charge in [0.25, 0.3) is 0 Å². The van der Waals surface area contributed by atoms with Gasteiger partial charge < -0.3 is 15.4 Å². The maximum atomic E-state index is 11.4. The van der Waals surface area contributed by atoms with Crippen molar-refractivity contribution < 1.29 is 9.53 Å². The fourth-order valence-corrected chi connectivity index (χ4v) is 1.63.